The van der Waals surface area contributed by atoms with E-state index in [2.05, 4.69) is 5.32 Å². The fourth-order valence-electron chi connectivity index (χ4n) is 1.23. The molecule has 0 aliphatic carbocycles. The van der Waals surface area contributed by atoms with Crippen molar-refractivity contribution in [1.29, 1.82) is 0 Å². The van der Waals surface area contributed by atoms with Crippen molar-refractivity contribution < 1.29 is 19.1 Å². The van der Waals surface area contributed by atoms with Crippen molar-refractivity contribution in [2.24, 2.45) is 0 Å². The molecule has 0 bridgehead atoms. The lowest BCUT2D eigenvalue weighted by atomic mass is 10.0. The minimum absolute atomic E-state index is 0.0588. The van der Waals surface area contributed by atoms with Crippen LogP contribution in [-0.4, -0.2) is 22.5 Å². The Morgan fingerprint density at radius 3 is 2.56 bits per heavy atom. The number of carbonyl (C=O) groups excluding carboxylic acids is 1. The van der Waals surface area contributed by atoms with Crippen LogP contribution >= 0.6 is 11.6 Å². The van der Waals surface area contributed by atoms with Gasteiger partial charge in [-0.15, -0.1) is 0 Å². The molecule has 5 nitrogen and oxygen atoms in total. The number of carbonyl (C=O) groups is 2. The third-order valence-electron chi connectivity index (χ3n) is 1.84. The van der Waals surface area contributed by atoms with Crippen molar-refractivity contribution in [3.8, 4) is 0 Å². The van der Waals surface area contributed by atoms with E-state index in [4.69, 9.17) is 21.1 Å². The molecule has 16 heavy (non-hydrogen) atoms. The van der Waals surface area contributed by atoms with Crippen molar-refractivity contribution in [2.75, 3.05) is 0 Å². The number of carboxylic acid groups (broad SMARTS) is 1. The summed E-state index contributed by atoms with van der Waals surface area (Å²) in [6.45, 7) is 3.23. The maximum absolute atomic E-state index is 11.6. The highest BCUT2D eigenvalue weighted by Crippen LogP contribution is 2.15. The summed E-state index contributed by atoms with van der Waals surface area (Å²) in [5.41, 5.74) is -0.845. The molecular formula is C10H12ClNO4. The zero-order chi connectivity index (χ0) is 12.3. The van der Waals surface area contributed by atoms with E-state index < -0.39 is 17.4 Å². The molecule has 0 aliphatic heterocycles. The lowest BCUT2D eigenvalue weighted by molar-refractivity contribution is -0.138. The molecule has 0 radical (unpaired) electrons. The molecule has 1 amide bonds. The Hall–Kier alpha value is -1.49. The molecule has 6 heteroatoms. The standard InChI is InChI=1S/C10H12ClNO4/c1-10(2,5-8(13)14)12-9(15)6-3-4-7(11)16-6/h3-4H,5H2,1-2H3,(H,12,15)(H,13,14). The number of hydrogen-bond acceptors (Lipinski definition) is 3. The largest absolute Gasteiger partial charge is 0.481 e. The molecule has 0 saturated heterocycles. The van der Waals surface area contributed by atoms with Crippen LogP contribution in [0, 0.1) is 0 Å². The van der Waals surface area contributed by atoms with Gasteiger partial charge in [0.05, 0.1) is 6.42 Å². The molecule has 1 rings (SSSR count). The van der Waals surface area contributed by atoms with E-state index in [1.165, 1.54) is 12.1 Å². The summed E-state index contributed by atoms with van der Waals surface area (Å²) in [5.74, 6) is -1.41. The summed E-state index contributed by atoms with van der Waals surface area (Å²) < 4.78 is 4.90. The average Bonchev–Trinajstić information content (AvgIpc) is 2.47. The Labute approximate surface area is 97.4 Å². The van der Waals surface area contributed by atoms with Gasteiger partial charge in [-0.2, -0.15) is 0 Å². The topological polar surface area (TPSA) is 79.5 Å². The summed E-state index contributed by atoms with van der Waals surface area (Å²) in [6, 6.07) is 2.87. The fraction of sp³-hybridized carbons (Fsp3) is 0.400. The molecular weight excluding hydrogens is 234 g/mol. The molecule has 0 aliphatic rings. The van der Waals surface area contributed by atoms with Gasteiger partial charge in [-0.05, 0) is 37.6 Å². The second-order valence-corrected chi connectivity index (χ2v) is 4.38. The van der Waals surface area contributed by atoms with Crippen LogP contribution in [0.2, 0.25) is 5.22 Å². The quantitative estimate of drug-likeness (QED) is 0.849. The first-order valence-corrected chi connectivity index (χ1v) is 4.97. The van der Waals surface area contributed by atoms with Gasteiger partial charge in [0, 0.05) is 5.54 Å². The smallest absolute Gasteiger partial charge is 0.305 e. The molecule has 0 atom stereocenters. The molecule has 0 aromatic carbocycles. The third-order valence-corrected chi connectivity index (χ3v) is 2.05. The monoisotopic (exact) mass is 245 g/mol. The first-order chi connectivity index (χ1) is 7.30. The molecule has 0 spiro atoms. The Morgan fingerprint density at radius 2 is 2.12 bits per heavy atom. The summed E-state index contributed by atoms with van der Waals surface area (Å²) in [5, 5.41) is 11.3. The summed E-state index contributed by atoms with van der Waals surface area (Å²) >= 11 is 5.52. The first-order valence-electron chi connectivity index (χ1n) is 4.60. The van der Waals surface area contributed by atoms with Crippen molar-refractivity contribution in [3.05, 3.63) is 23.1 Å². The maximum atomic E-state index is 11.6. The fourth-order valence-corrected chi connectivity index (χ4v) is 1.37. The summed E-state index contributed by atoms with van der Waals surface area (Å²) in [6.07, 6.45) is -0.173. The minimum atomic E-state index is -0.984. The van der Waals surface area contributed by atoms with Crippen LogP contribution in [0.3, 0.4) is 0 Å². The highest BCUT2D eigenvalue weighted by molar-refractivity contribution is 6.29. The zero-order valence-electron chi connectivity index (χ0n) is 8.91. The highest BCUT2D eigenvalue weighted by atomic mass is 35.5. The average molecular weight is 246 g/mol. The third kappa shape index (κ3) is 3.58. The Morgan fingerprint density at radius 1 is 1.50 bits per heavy atom. The molecule has 1 aromatic rings. The summed E-state index contributed by atoms with van der Waals surface area (Å²) in [4.78, 5) is 22.1. The van der Waals surface area contributed by atoms with Gasteiger partial charge in [0.2, 0.25) is 0 Å². The van der Waals surface area contributed by atoms with Gasteiger partial charge in [0.1, 0.15) is 0 Å². The molecule has 0 fully saturated rings. The van der Waals surface area contributed by atoms with Crippen LogP contribution < -0.4 is 5.32 Å². The molecule has 0 saturated carbocycles. The van der Waals surface area contributed by atoms with Crippen LogP contribution in [0.4, 0.5) is 0 Å². The van der Waals surface area contributed by atoms with Crippen LogP contribution in [0.1, 0.15) is 30.8 Å². The van der Waals surface area contributed by atoms with Gasteiger partial charge in [0.25, 0.3) is 5.91 Å². The number of hydrogen-bond donors (Lipinski definition) is 2. The van der Waals surface area contributed by atoms with Gasteiger partial charge in [0.15, 0.2) is 11.0 Å². The van der Waals surface area contributed by atoms with Gasteiger partial charge in [-0.25, -0.2) is 0 Å². The minimum Gasteiger partial charge on any atom is -0.481 e. The van der Waals surface area contributed by atoms with Crippen molar-refractivity contribution in [2.45, 2.75) is 25.8 Å². The van der Waals surface area contributed by atoms with Gasteiger partial charge < -0.3 is 14.8 Å². The van der Waals surface area contributed by atoms with E-state index in [0.717, 1.165) is 0 Å². The predicted molar refractivity (Wildman–Crippen MR) is 57.5 cm³/mol. The second-order valence-electron chi connectivity index (χ2n) is 4.01. The van der Waals surface area contributed by atoms with Crippen molar-refractivity contribution in [3.63, 3.8) is 0 Å². The Balaban J connectivity index is 2.67. The molecule has 0 unspecified atom stereocenters. The number of furan rings is 1. The van der Waals surface area contributed by atoms with Crippen LogP contribution in [0.25, 0.3) is 0 Å². The number of nitrogens with one attached hydrogen (secondary N) is 1. The maximum Gasteiger partial charge on any atom is 0.305 e. The summed E-state index contributed by atoms with van der Waals surface area (Å²) in [7, 11) is 0. The van der Waals surface area contributed by atoms with E-state index in [1.807, 2.05) is 0 Å². The van der Waals surface area contributed by atoms with E-state index >= 15 is 0 Å². The molecule has 2 N–H and O–H groups in total. The number of carboxylic acids is 1. The Kier molecular flexibility index (Phi) is 3.59. The van der Waals surface area contributed by atoms with Crippen molar-refractivity contribution >= 4 is 23.5 Å². The van der Waals surface area contributed by atoms with E-state index in [1.54, 1.807) is 13.8 Å². The molecule has 1 aromatic heterocycles. The highest BCUT2D eigenvalue weighted by Gasteiger charge is 2.25. The molecule has 88 valence electrons. The first kappa shape index (κ1) is 12.6. The van der Waals surface area contributed by atoms with Crippen LogP contribution in [0.5, 0.6) is 0 Å². The van der Waals surface area contributed by atoms with E-state index in [9.17, 15) is 9.59 Å². The van der Waals surface area contributed by atoms with E-state index in [-0.39, 0.29) is 17.4 Å². The SMILES string of the molecule is CC(C)(CC(=O)O)NC(=O)c1ccc(Cl)o1. The second kappa shape index (κ2) is 4.57. The van der Waals surface area contributed by atoms with Gasteiger partial charge in [-0.1, -0.05) is 0 Å². The van der Waals surface area contributed by atoms with Gasteiger partial charge in [-0.3, -0.25) is 9.59 Å². The predicted octanol–water partition coefficient (Wildman–Crippen LogP) is 1.92. The lowest BCUT2D eigenvalue weighted by Gasteiger charge is -2.23. The number of aliphatic carboxylic acids is 1. The zero-order valence-corrected chi connectivity index (χ0v) is 9.67. The van der Waals surface area contributed by atoms with Gasteiger partial charge >= 0.3 is 5.97 Å². The van der Waals surface area contributed by atoms with Crippen LogP contribution in [-0.2, 0) is 4.79 Å². The van der Waals surface area contributed by atoms with Crippen LogP contribution in [0.15, 0.2) is 16.5 Å². The number of rotatable bonds is 4. The lowest BCUT2D eigenvalue weighted by Crippen LogP contribution is -2.44. The molecule has 1 heterocycles. The van der Waals surface area contributed by atoms with Crippen molar-refractivity contribution in [1.82, 2.24) is 5.32 Å². The number of halogens is 1. The Bertz CT molecular complexity index is 411. The normalized spacial score (nSPS) is 11.2. The number of amides is 1. The van der Waals surface area contributed by atoms with E-state index in [0.29, 0.717) is 0 Å².